The third-order valence-electron chi connectivity index (χ3n) is 4.17. The molecule has 0 fully saturated rings. The van der Waals surface area contributed by atoms with E-state index < -0.39 is 10.0 Å². The van der Waals surface area contributed by atoms with E-state index in [1.165, 1.54) is 6.92 Å². The maximum absolute atomic E-state index is 12.4. The largest absolute Gasteiger partial charge is 0.352 e. The van der Waals surface area contributed by atoms with Crippen LogP contribution in [0.4, 0.5) is 0 Å². The zero-order chi connectivity index (χ0) is 19.3. The van der Waals surface area contributed by atoms with Crippen LogP contribution in [0.3, 0.4) is 0 Å². The molecule has 0 aliphatic carbocycles. The monoisotopic (exact) mass is 386 g/mol. The highest BCUT2D eigenvalue weighted by Gasteiger charge is 2.13. The first-order chi connectivity index (χ1) is 13.0. The van der Waals surface area contributed by atoms with E-state index in [0.717, 1.165) is 16.6 Å². The van der Waals surface area contributed by atoms with Crippen molar-refractivity contribution in [1.82, 2.24) is 19.6 Å². The minimum atomic E-state index is -3.55. The smallest absolute Gasteiger partial charge is 0.240 e. The summed E-state index contributed by atoms with van der Waals surface area (Å²) in [5, 5.41) is 2.68. The van der Waals surface area contributed by atoms with Crippen molar-refractivity contribution in [3.63, 3.8) is 0 Å². The molecular weight excluding hydrogens is 364 g/mol. The van der Waals surface area contributed by atoms with Gasteiger partial charge < -0.3 is 9.88 Å². The van der Waals surface area contributed by atoms with Gasteiger partial charge in [0, 0.05) is 26.6 Å². The number of nitrogens with zero attached hydrogens (tertiary/aromatic N) is 2. The highest BCUT2D eigenvalue weighted by Crippen LogP contribution is 2.13. The number of fused-ring (bicyclic) bond motifs is 1. The Morgan fingerprint density at radius 1 is 1.11 bits per heavy atom. The summed E-state index contributed by atoms with van der Waals surface area (Å²) in [4.78, 5) is 15.5. The van der Waals surface area contributed by atoms with Crippen LogP contribution in [0.2, 0.25) is 0 Å². The number of imidazole rings is 1. The highest BCUT2D eigenvalue weighted by atomic mass is 32.2. The lowest BCUT2D eigenvalue weighted by molar-refractivity contribution is -0.119. The number of para-hydroxylation sites is 2. The number of nitrogens with one attached hydrogen (secondary N) is 2. The molecule has 0 bridgehead atoms. The number of carbonyl (C=O) groups is 1. The van der Waals surface area contributed by atoms with E-state index in [4.69, 9.17) is 0 Å². The molecule has 8 heteroatoms. The minimum absolute atomic E-state index is 0.126. The van der Waals surface area contributed by atoms with Crippen LogP contribution in [0, 0.1) is 0 Å². The molecule has 0 spiro atoms. The fourth-order valence-corrected chi connectivity index (χ4v) is 3.81. The standard InChI is InChI=1S/C19H22N4O3S/c1-15(24)20-13-16-7-9-17(10-8-16)27(25,26)22-11-4-12-23-14-21-18-5-2-3-6-19(18)23/h2-3,5-10,14,22H,4,11-13H2,1H3,(H,20,24). The van der Waals surface area contributed by atoms with Crippen LogP contribution < -0.4 is 10.0 Å². The van der Waals surface area contributed by atoms with Crippen LogP contribution in [-0.2, 0) is 27.9 Å². The Kier molecular flexibility index (Phi) is 5.88. The Bertz CT molecular complexity index is 1030. The van der Waals surface area contributed by atoms with Crippen LogP contribution in [0.25, 0.3) is 11.0 Å². The molecule has 0 unspecified atom stereocenters. The van der Waals surface area contributed by atoms with E-state index in [-0.39, 0.29) is 10.8 Å². The van der Waals surface area contributed by atoms with Crippen molar-refractivity contribution in [2.75, 3.05) is 6.54 Å². The second-order valence-electron chi connectivity index (χ2n) is 6.23. The Balaban J connectivity index is 1.53. The molecule has 1 heterocycles. The van der Waals surface area contributed by atoms with Crippen molar-refractivity contribution >= 4 is 27.0 Å². The second kappa shape index (κ2) is 8.32. The normalized spacial score (nSPS) is 11.6. The molecule has 0 atom stereocenters. The Labute approximate surface area is 158 Å². The van der Waals surface area contributed by atoms with Gasteiger partial charge in [0.25, 0.3) is 0 Å². The van der Waals surface area contributed by atoms with Gasteiger partial charge in [-0.15, -0.1) is 0 Å². The van der Waals surface area contributed by atoms with E-state index in [0.29, 0.717) is 26.1 Å². The minimum Gasteiger partial charge on any atom is -0.352 e. The van der Waals surface area contributed by atoms with Gasteiger partial charge in [-0.05, 0) is 36.2 Å². The maximum atomic E-state index is 12.4. The van der Waals surface area contributed by atoms with E-state index in [2.05, 4.69) is 15.0 Å². The molecular formula is C19H22N4O3S. The van der Waals surface area contributed by atoms with E-state index in [1.54, 1.807) is 30.6 Å². The van der Waals surface area contributed by atoms with Crippen LogP contribution in [0.1, 0.15) is 18.9 Å². The van der Waals surface area contributed by atoms with Gasteiger partial charge in [0.15, 0.2) is 0 Å². The summed E-state index contributed by atoms with van der Waals surface area (Å²) in [5.74, 6) is -0.126. The Morgan fingerprint density at radius 2 is 1.85 bits per heavy atom. The second-order valence-corrected chi connectivity index (χ2v) is 8.00. The molecule has 142 valence electrons. The molecule has 0 saturated carbocycles. The van der Waals surface area contributed by atoms with Crippen molar-refractivity contribution in [3.8, 4) is 0 Å². The number of carbonyl (C=O) groups excluding carboxylic acids is 1. The van der Waals surface area contributed by atoms with Gasteiger partial charge in [0.2, 0.25) is 15.9 Å². The summed E-state index contributed by atoms with van der Waals surface area (Å²) in [6.07, 6.45) is 2.42. The number of amides is 1. The van der Waals surface area contributed by atoms with Gasteiger partial charge in [-0.1, -0.05) is 24.3 Å². The SMILES string of the molecule is CC(=O)NCc1ccc(S(=O)(=O)NCCCn2cnc3ccccc32)cc1. The summed E-state index contributed by atoms with van der Waals surface area (Å²) in [7, 11) is -3.55. The molecule has 0 aliphatic rings. The molecule has 0 saturated heterocycles. The zero-order valence-electron chi connectivity index (χ0n) is 15.1. The lowest BCUT2D eigenvalue weighted by Gasteiger charge is -2.09. The molecule has 1 amide bonds. The Morgan fingerprint density at radius 3 is 2.59 bits per heavy atom. The van der Waals surface area contributed by atoms with E-state index in [9.17, 15) is 13.2 Å². The van der Waals surface area contributed by atoms with Gasteiger partial charge in [-0.25, -0.2) is 18.1 Å². The van der Waals surface area contributed by atoms with E-state index in [1.807, 2.05) is 28.8 Å². The fraction of sp³-hybridized carbons (Fsp3) is 0.263. The molecule has 2 aromatic carbocycles. The van der Waals surface area contributed by atoms with Crippen molar-refractivity contribution in [1.29, 1.82) is 0 Å². The number of hydrogen-bond acceptors (Lipinski definition) is 4. The Hall–Kier alpha value is -2.71. The fourth-order valence-electron chi connectivity index (χ4n) is 2.74. The molecule has 2 N–H and O–H groups in total. The van der Waals surface area contributed by atoms with Crippen molar-refractivity contribution in [3.05, 3.63) is 60.4 Å². The lowest BCUT2D eigenvalue weighted by Crippen LogP contribution is -2.25. The molecule has 27 heavy (non-hydrogen) atoms. The zero-order valence-corrected chi connectivity index (χ0v) is 15.9. The third kappa shape index (κ3) is 4.93. The van der Waals surface area contributed by atoms with Gasteiger partial charge in [-0.2, -0.15) is 0 Å². The predicted octanol–water partition coefficient (Wildman–Crippen LogP) is 2.04. The summed E-state index contributed by atoms with van der Waals surface area (Å²) in [5.41, 5.74) is 2.81. The average Bonchev–Trinajstić information content (AvgIpc) is 3.07. The molecule has 1 aromatic heterocycles. The number of aryl methyl sites for hydroxylation is 1. The summed E-state index contributed by atoms with van der Waals surface area (Å²) in [6.45, 7) is 2.83. The van der Waals surface area contributed by atoms with Gasteiger partial charge in [0.05, 0.1) is 22.3 Å². The summed E-state index contributed by atoms with van der Waals surface area (Å²) < 4.78 is 29.4. The lowest BCUT2D eigenvalue weighted by atomic mass is 10.2. The number of aromatic nitrogens is 2. The van der Waals surface area contributed by atoms with E-state index >= 15 is 0 Å². The summed E-state index contributed by atoms with van der Waals surface area (Å²) in [6, 6.07) is 14.3. The molecule has 3 aromatic rings. The van der Waals surface area contributed by atoms with Crippen molar-refractivity contribution in [2.24, 2.45) is 0 Å². The van der Waals surface area contributed by atoms with Crippen LogP contribution in [-0.4, -0.2) is 30.4 Å². The van der Waals surface area contributed by atoms with Gasteiger partial charge in [0.1, 0.15) is 0 Å². The maximum Gasteiger partial charge on any atom is 0.240 e. The quantitative estimate of drug-likeness (QED) is 0.580. The molecule has 0 aliphatic heterocycles. The third-order valence-corrected chi connectivity index (χ3v) is 5.65. The predicted molar refractivity (Wildman–Crippen MR) is 104 cm³/mol. The average molecular weight is 386 g/mol. The van der Waals surface area contributed by atoms with Gasteiger partial charge >= 0.3 is 0 Å². The number of sulfonamides is 1. The summed E-state index contributed by atoms with van der Waals surface area (Å²) >= 11 is 0. The first kappa shape index (κ1) is 19.1. The highest BCUT2D eigenvalue weighted by molar-refractivity contribution is 7.89. The van der Waals surface area contributed by atoms with Crippen LogP contribution in [0.15, 0.2) is 59.8 Å². The molecule has 0 radical (unpaired) electrons. The van der Waals surface area contributed by atoms with Crippen molar-refractivity contribution < 1.29 is 13.2 Å². The first-order valence-corrected chi connectivity index (χ1v) is 10.2. The topological polar surface area (TPSA) is 93.1 Å². The first-order valence-electron chi connectivity index (χ1n) is 8.68. The van der Waals surface area contributed by atoms with Crippen molar-refractivity contribution in [2.45, 2.75) is 31.3 Å². The number of hydrogen-bond donors (Lipinski definition) is 2. The number of benzene rings is 2. The molecule has 7 nitrogen and oxygen atoms in total. The molecule has 3 rings (SSSR count). The van der Waals surface area contributed by atoms with Crippen LogP contribution in [0.5, 0.6) is 0 Å². The number of rotatable bonds is 8. The van der Waals surface area contributed by atoms with Gasteiger partial charge in [-0.3, -0.25) is 4.79 Å². The van der Waals surface area contributed by atoms with Crippen LogP contribution >= 0.6 is 0 Å².